The van der Waals surface area contributed by atoms with Crippen molar-refractivity contribution in [3.63, 3.8) is 0 Å². The third-order valence-corrected chi connectivity index (χ3v) is 5.11. The summed E-state index contributed by atoms with van der Waals surface area (Å²) in [6, 6.07) is 15.4. The Morgan fingerprint density at radius 1 is 0.969 bits per heavy atom. The Balaban J connectivity index is 1.29. The minimum absolute atomic E-state index is 0.000624. The molecule has 0 unspecified atom stereocenters. The number of carbonyl (C=O) groups excluding carboxylic acids is 4. The maximum atomic E-state index is 12.5. The van der Waals surface area contributed by atoms with E-state index in [1.54, 1.807) is 48.5 Å². The number of anilines is 1. The van der Waals surface area contributed by atoms with Gasteiger partial charge in [0.25, 0.3) is 17.7 Å². The Morgan fingerprint density at radius 2 is 1.78 bits per heavy atom. The number of nitrogens with zero attached hydrogens (tertiary/aromatic N) is 1. The summed E-state index contributed by atoms with van der Waals surface area (Å²) in [7, 11) is 0. The van der Waals surface area contributed by atoms with Gasteiger partial charge in [0, 0.05) is 25.2 Å². The smallest absolute Gasteiger partial charge is 0.291 e. The molecule has 1 aliphatic heterocycles. The second-order valence-electron chi connectivity index (χ2n) is 7.47. The van der Waals surface area contributed by atoms with Gasteiger partial charge in [-0.3, -0.25) is 24.1 Å². The second kappa shape index (κ2) is 8.89. The number of rotatable bonds is 7. The van der Waals surface area contributed by atoms with Gasteiger partial charge in [-0.15, -0.1) is 0 Å². The van der Waals surface area contributed by atoms with Gasteiger partial charge < -0.3 is 15.1 Å². The Labute approximate surface area is 184 Å². The Morgan fingerprint density at radius 3 is 2.56 bits per heavy atom. The van der Waals surface area contributed by atoms with E-state index in [0.717, 1.165) is 16.0 Å². The van der Waals surface area contributed by atoms with Gasteiger partial charge in [-0.2, -0.15) is 0 Å². The van der Waals surface area contributed by atoms with Crippen molar-refractivity contribution >= 4 is 29.3 Å². The van der Waals surface area contributed by atoms with Crippen LogP contribution in [0.25, 0.3) is 0 Å². The topological polar surface area (TPSA) is 109 Å². The molecule has 162 valence electrons. The second-order valence-corrected chi connectivity index (χ2v) is 7.47. The van der Waals surface area contributed by atoms with Crippen LogP contribution in [0.2, 0.25) is 0 Å². The van der Waals surface area contributed by atoms with E-state index >= 15 is 0 Å². The number of hydrogen-bond donors (Lipinski definition) is 2. The van der Waals surface area contributed by atoms with Gasteiger partial charge in [-0.05, 0) is 48.9 Å². The molecule has 0 saturated carbocycles. The summed E-state index contributed by atoms with van der Waals surface area (Å²) in [5, 5.41) is 5.50. The summed E-state index contributed by atoms with van der Waals surface area (Å²) in [4.78, 5) is 50.4. The molecule has 2 aromatic carbocycles. The van der Waals surface area contributed by atoms with Crippen molar-refractivity contribution in [1.82, 2.24) is 10.2 Å². The number of carbonyl (C=O) groups is 4. The highest BCUT2D eigenvalue weighted by Gasteiger charge is 2.35. The zero-order chi connectivity index (χ0) is 22.7. The van der Waals surface area contributed by atoms with Gasteiger partial charge in [0.15, 0.2) is 5.76 Å². The van der Waals surface area contributed by atoms with Crippen LogP contribution < -0.4 is 10.6 Å². The van der Waals surface area contributed by atoms with Gasteiger partial charge in [0.05, 0.1) is 17.4 Å². The monoisotopic (exact) mass is 431 g/mol. The molecule has 1 aliphatic rings. The predicted molar refractivity (Wildman–Crippen MR) is 116 cm³/mol. The summed E-state index contributed by atoms with van der Waals surface area (Å²) in [6.45, 7) is 2.10. The van der Waals surface area contributed by atoms with E-state index < -0.39 is 0 Å². The van der Waals surface area contributed by atoms with Crippen LogP contribution in [0.5, 0.6) is 0 Å². The zero-order valence-corrected chi connectivity index (χ0v) is 17.4. The van der Waals surface area contributed by atoms with Crippen LogP contribution in [0.3, 0.4) is 0 Å². The lowest BCUT2D eigenvalue weighted by Crippen LogP contribution is -2.34. The number of fused-ring (bicyclic) bond motifs is 1. The standard InChI is InChI=1S/C24H21N3O5/c1-15-7-8-18-19(12-15)24(31)27(23(18)30)10-9-21(28)25-14-16-4-2-5-17(13-16)26-22(29)20-6-3-11-32-20/h2-8,11-13H,9-10,14H2,1H3,(H,25,28)(H,26,29). The van der Waals surface area contributed by atoms with Crippen LogP contribution in [0, 0.1) is 6.92 Å². The fourth-order valence-corrected chi connectivity index (χ4v) is 3.47. The number of benzene rings is 2. The van der Waals surface area contributed by atoms with E-state index in [1.807, 2.05) is 13.0 Å². The van der Waals surface area contributed by atoms with Crippen LogP contribution in [-0.2, 0) is 11.3 Å². The highest BCUT2D eigenvalue weighted by Crippen LogP contribution is 2.24. The largest absolute Gasteiger partial charge is 0.459 e. The molecule has 0 radical (unpaired) electrons. The van der Waals surface area contributed by atoms with Gasteiger partial charge >= 0.3 is 0 Å². The summed E-state index contributed by atoms with van der Waals surface area (Å²) >= 11 is 0. The van der Waals surface area contributed by atoms with Crippen LogP contribution >= 0.6 is 0 Å². The quantitative estimate of drug-likeness (QED) is 0.559. The maximum Gasteiger partial charge on any atom is 0.291 e. The fourth-order valence-electron chi connectivity index (χ4n) is 3.47. The first kappa shape index (κ1) is 21.0. The number of furan rings is 1. The fraction of sp³-hybridized carbons (Fsp3) is 0.167. The molecule has 8 heteroatoms. The summed E-state index contributed by atoms with van der Waals surface area (Å²) < 4.78 is 5.07. The van der Waals surface area contributed by atoms with Gasteiger partial charge in [-0.25, -0.2) is 0 Å². The molecule has 0 atom stereocenters. The van der Waals surface area contributed by atoms with Crippen LogP contribution in [0.1, 0.15) is 48.8 Å². The lowest BCUT2D eigenvalue weighted by atomic mass is 10.1. The molecular weight excluding hydrogens is 410 g/mol. The molecule has 32 heavy (non-hydrogen) atoms. The van der Waals surface area contributed by atoms with Gasteiger partial charge in [-0.1, -0.05) is 23.8 Å². The third-order valence-electron chi connectivity index (χ3n) is 5.11. The minimum atomic E-state index is -0.377. The Kier molecular flexibility index (Phi) is 5.85. The summed E-state index contributed by atoms with van der Waals surface area (Å²) in [5.41, 5.74) is 3.00. The van der Waals surface area contributed by atoms with Crippen LogP contribution in [0.4, 0.5) is 5.69 Å². The predicted octanol–water partition coefficient (Wildman–Crippen LogP) is 3.14. The lowest BCUT2D eigenvalue weighted by molar-refractivity contribution is -0.121. The van der Waals surface area contributed by atoms with E-state index in [0.29, 0.717) is 16.8 Å². The lowest BCUT2D eigenvalue weighted by Gasteiger charge is -2.13. The zero-order valence-electron chi connectivity index (χ0n) is 17.4. The van der Waals surface area contributed by atoms with Gasteiger partial charge in [0.1, 0.15) is 0 Å². The normalized spacial score (nSPS) is 12.6. The molecule has 4 rings (SSSR count). The molecule has 0 spiro atoms. The first-order chi connectivity index (χ1) is 15.4. The van der Waals surface area contributed by atoms with E-state index in [-0.39, 0.29) is 48.9 Å². The van der Waals surface area contributed by atoms with Crippen molar-refractivity contribution in [2.45, 2.75) is 19.9 Å². The average Bonchev–Trinajstić information content (AvgIpc) is 3.39. The van der Waals surface area contributed by atoms with Crippen molar-refractivity contribution in [3.05, 3.63) is 88.9 Å². The molecule has 4 amide bonds. The van der Waals surface area contributed by atoms with E-state index in [4.69, 9.17) is 4.42 Å². The molecule has 0 saturated heterocycles. The number of imide groups is 1. The Bertz CT molecular complexity index is 1200. The Hall–Kier alpha value is -4.20. The van der Waals surface area contributed by atoms with Gasteiger partial charge in [0.2, 0.25) is 5.91 Å². The SMILES string of the molecule is Cc1ccc2c(c1)C(=O)N(CCC(=O)NCc1cccc(NC(=O)c3ccco3)c1)C2=O. The van der Waals surface area contributed by atoms with Crippen molar-refractivity contribution in [1.29, 1.82) is 0 Å². The molecule has 8 nitrogen and oxygen atoms in total. The van der Waals surface area contributed by atoms with E-state index in [9.17, 15) is 19.2 Å². The highest BCUT2D eigenvalue weighted by atomic mass is 16.3. The molecule has 0 aliphatic carbocycles. The molecule has 2 N–H and O–H groups in total. The van der Waals surface area contributed by atoms with E-state index in [2.05, 4.69) is 10.6 Å². The average molecular weight is 431 g/mol. The van der Waals surface area contributed by atoms with Crippen LogP contribution in [-0.4, -0.2) is 35.1 Å². The molecule has 0 bridgehead atoms. The molecule has 1 aromatic heterocycles. The molecular formula is C24H21N3O5. The van der Waals surface area contributed by atoms with Crippen molar-refractivity contribution in [2.24, 2.45) is 0 Å². The first-order valence-electron chi connectivity index (χ1n) is 10.1. The highest BCUT2D eigenvalue weighted by molar-refractivity contribution is 6.21. The maximum absolute atomic E-state index is 12.5. The van der Waals surface area contributed by atoms with Crippen molar-refractivity contribution in [3.8, 4) is 0 Å². The van der Waals surface area contributed by atoms with E-state index in [1.165, 1.54) is 6.26 Å². The van der Waals surface area contributed by atoms with Crippen molar-refractivity contribution in [2.75, 3.05) is 11.9 Å². The molecule has 2 heterocycles. The minimum Gasteiger partial charge on any atom is -0.459 e. The first-order valence-corrected chi connectivity index (χ1v) is 10.1. The number of aryl methyl sites for hydroxylation is 1. The summed E-state index contributed by atoms with van der Waals surface area (Å²) in [5.74, 6) is -1.21. The number of nitrogens with one attached hydrogen (secondary N) is 2. The number of hydrogen-bond acceptors (Lipinski definition) is 5. The third kappa shape index (κ3) is 4.44. The summed E-state index contributed by atoms with van der Waals surface area (Å²) in [6.07, 6.45) is 1.42. The molecule has 3 aromatic rings. The molecule has 0 fully saturated rings. The van der Waals surface area contributed by atoms with Crippen LogP contribution in [0.15, 0.2) is 65.3 Å². The number of amides is 4. The van der Waals surface area contributed by atoms with Crippen molar-refractivity contribution < 1.29 is 23.6 Å².